The van der Waals surface area contributed by atoms with E-state index in [-0.39, 0.29) is 0 Å². The molecule has 0 amide bonds. The number of fused-ring (bicyclic) bond motifs is 1. The maximum atomic E-state index is 3.40. The third-order valence-electron chi connectivity index (χ3n) is 2.15. The summed E-state index contributed by atoms with van der Waals surface area (Å²) in [5, 5.41) is 2.50. The predicted molar refractivity (Wildman–Crippen MR) is 64.9 cm³/mol. The van der Waals surface area contributed by atoms with Crippen LogP contribution in [0.15, 0.2) is 30.3 Å². The van der Waals surface area contributed by atoms with Crippen molar-refractivity contribution in [3.05, 3.63) is 45.5 Å². The summed E-state index contributed by atoms with van der Waals surface area (Å²) in [5.74, 6) is 0. The van der Waals surface area contributed by atoms with Crippen molar-refractivity contribution in [3.63, 3.8) is 0 Å². The quantitative estimate of drug-likeness (QED) is 0.697. The van der Waals surface area contributed by atoms with Gasteiger partial charge in [-0.05, 0) is 63.5 Å². The highest BCUT2D eigenvalue weighted by Gasteiger charge is 1.95. The van der Waals surface area contributed by atoms with Gasteiger partial charge in [0.2, 0.25) is 0 Å². The summed E-state index contributed by atoms with van der Waals surface area (Å²) in [6.45, 7) is 2.16. The Bertz CT molecular complexity index is 432. The first kappa shape index (κ1) is 9.00. The summed E-state index contributed by atoms with van der Waals surface area (Å²) in [6.07, 6.45) is 1.06. The molecule has 1 radical (unpaired) electrons. The van der Waals surface area contributed by atoms with Crippen LogP contribution in [0.2, 0.25) is 0 Å². The molecule has 0 aliphatic rings. The maximum Gasteiger partial charge on any atom is 0.0136 e. The van der Waals surface area contributed by atoms with Gasteiger partial charge in [-0.2, -0.15) is 0 Å². The van der Waals surface area contributed by atoms with Gasteiger partial charge in [-0.3, -0.25) is 0 Å². The van der Waals surface area contributed by atoms with Crippen molar-refractivity contribution < 1.29 is 0 Å². The molecule has 2 aromatic carbocycles. The van der Waals surface area contributed by atoms with E-state index >= 15 is 0 Å². The molecule has 0 N–H and O–H groups in total. The number of hydrogen-bond acceptors (Lipinski definition) is 0. The van der Waals surface area contributed by atoms with Gasteiger partial charge in [0.1, 0.15) is 0 Å². The van der Waals surface area contributed by atoms with Crippen LogP contribution in [0, 0.1) is 9.64 Å². The summed E-state index contributed by atoms with van der Waals surface area (Å²) >= 11 is 2.33. The minimum Gasteiger partial charge on any atom is -0.0613 e. The van der Waals surface area contributed by atoms with Crippen molar-refractivity contribution in [2.24, 2.45) is 0 Å². The van der Waals surface area contributed by atoms with Crippen molar-refractivity contribution in [1.29, 1.82) is 0 Å². The third kappa shape index (κ3) is 1.85. The first-order valence-electron chi connectivity index (χ1n) is 4.40. The Kier molecular flexibility index (Phi) is 2.54. The van der Waals surface area contributed by atoms with Crippen LogP contribution in [-0.2, 0) is 6.42 Å². The minimum atomic E-state index is 1.06. The number of benzene rings is 2. The van der Waals surface area contributed by atoms with Crippen LogP contribution in [0.1, 0.15) is 12.5 Å². The van der Waals surface area contributed by atoms with Crippen LogP contribution >= 0.6 is 22.6 Å². The van der Waals surface area contributed by atoms with E-state index in [1.807, 2.05) is 0 Å². The normalized spacial score (nSPS) is 10.6. The first-order chi connectivity index (χ1) is 6.29. The lowest BCUT2D eigenvalue weighted by Gasteiger charge is -2.00. The SMILES string of the molecule is CCc1[c]c2ccc(I)cc2cc1. The molecular weight excluding hydrogens is 271 g/mol. The molecule has 13 heavy (non-hydrogen) atoms. The third-order valence-corrected chi connectivity index (χ3v) is 2.82. The Morgan fingerprint density at radius 3 is 2.85 bits per heavy atom. The van der Waals surface area contributed by atoms with Gasteiger partial charge in [0, 0.05) is 3.57 Å². The molecule has 0 saturated heterocycles. The molecule has 0 aliphatic carbocycles. The fraction of sp³-hybridized carbons (Fsp3) is 0.167. The molecule has 0 heterocycles. The second kappa shape index (κ2) is 3.66. The van der Waals surface area contributed by atoms with Gasteiger partial charge in [-0.25, -0.2) is 0 Å². The van der Waals surface area contributed by atoms with Gasteiger partial charge in [-0.1, -0.05) is 25.1 Å². The Hall–Kier alpha value is -0.570. The molecule has 0 saturated carbocycles. The van der Waals surface area contributed by atoms with Gasteiger partial charge in [0.25, 0.3) is 0 Å². The topological polar surface area (TPSA) is 0 Å². The zero-order valence-corrected chi connectivity index (χ0v) is 9.63. The van der Waals surface area contributed by atoms with Crippen molar-refractivity contribution in [3.8, 4) is 0 Å². The van der Waals surface area contributed by atoms with Gasteiger partial charge in [0.15, 0.2) is 0 Å². The van der Waals surface area contributed by atoms with Gasteiger partial charge >= 0.3 is 0 Å². The Labute approximate surface area is 92.1 Å². The number of aryl methyl sites for hydroxylation is 1. The van der Waals surface area contributed by atoms with Crippen LogP contribution in [0.4, 0.5) is 0 Å². The monoisotopic (exact) mass is 281 g/mol. The van der Waals surface area contributed by atoms with Crippen molar-refractivity contribution in [1.82, 2.24) is 0 Å². The minimum absolute atomic E-state index is 1.06. The Morgan fingerprint density at radius 1 is 1.23 bits per heavy atom. The summed E-state index contributed by atoms with van der Waals surface area (Å²) in [4.78, 5) is 0. The molecule has 0 aliphatic heterocycles. The molecule has 2 aromatic rings. The highest BCUT2D eigenvalue weighted by Crippen LogP contribution is 2.18. The lowest BCUT2D eigenvalue weighted by atomic mass is 10.1. The van der Waals surface area contributed by atoms with Crippen LogP contribution in [0.5, 0.6) is 0 Å². The number of rotatable bonds is 1. The second-order valence-electron chi connectivity index (χ2n) is 3.07. The van der Waals surface area contributed by atoms with Crippen LogP contribution in [-0.4, -0.2) is 0 Å². The fourth-order valence-corrected chi connectivity index (χ4v) is 1.91. The van der Waals surface area contributed by atoms with E-state index in [1.54, 1.807) is 0 Å². The molecule has 0 aromatic heterocycles. The van der Waals surface area contributed by atoms with E-state index in [9.17, 15) is 0 Å². The van der Waals surface area contributed by atoms with Crippen LogP contribution in [0.3, 0.4) is 0 Å². The molecule has 0 nitrogen and oxygen atoms in total. The van der Waals surface area contributed by atoms with Crippen LogP contribution < -0.4 is 0 Å². The Balaban J connectivity index is 2.66. The summed E-state index contributed by atoms with van der Waals surface area (Å²) in [7, 11) is 0. The van der Waals surface area contributed by atoms with Crippen molar-refractivity contribution in [2.75, 3.05) is 0 Å². The van der Waals surface area contributed by atoms with Crippen molar-refractivity contribution in [2.45, 2.75) is 13.3 Å². The van der Waals surface area contributed by atoms with E-state index in [2.05, 4.69) is 65.9 Å². The smallest absolute Gasteiger partial charge is 0.0136 e. The second-order valence-corrected chi connectivity index (χ2v) is 4.31. The standard InChI is InChI=1S/C12H10I/c1-2-9-3-4-11-8-12(13)6-5-10(11)7-9/h3-6,8H,2H2,1H3. The average Bonchev–Trinajstić information content (AvgIpc) is 2.17. The maximum absolute atomic E-state index is 3.40. The van der Waals surface area contributed by atoms with E-state index < -0.39 is 0 Å². The zero-order valence-electron chi connectivity index (χ0n) is 7.47. The first-order valence-corrected chi connectivity index (χ1v) is 5.48. The van der Waals surface area contributed by atoms with Gasteiger partial charge < -0.3 is 0 Å². The molecule has 0 unspecified atom stereocenters. The molecule has 0 fully saturated rings. The summed E-state index contributed by atoms with van der Waals surface area (Å²) in [6, 6.07) is 14.2. The molecule has 0 atom stereocenters. The molecule has 0 bridgehead atoms. The van der Waals surface area contributed by atoms with Gasteiger partial charge in [-0.15, -0.1) is 0 Å². The number of hydrogen-bond donors (Lipinski definition) is 0. The van der Waals surface area contributed by atoms with E-state index in [0.29, 0.717) is 0 Å². The molecule has 1 heteroatoms. The highest BCUT2D eigenvalue weighted by molar-refractivity contribution is 14.1. The lowest BCUT2D eigenvalue weighted by Crippen LogP contribution is -1.81. The highest BCUT2D eigenvalue weighted by atomic mass is 127. The largest absolute Gasteiger partial charge is 0.0613 e. The molecule has 0 spiro atoms. The fourth-order valence-electron chi connectivity index (χ4n) is 1.40. The van der Waals surface area contributed by atoms with Crippen LogP contribution in [0.25, 0.3) is 10.8 Å². The lowest BCUT2D eigenvalue weighted by molar-refractivity contribution is 1.14. The molecular formula is C12H10I. The van der Waals surface area contributed by atoms with Crippen molar-refractivity contribution >= 4 is 33.4 Å². The zero-order chi connectivity index (χ0) is 9.26. The predicted octanol–water partition coefficient (Wildman–Crippen LogP) is 3.81. The summed E-state index contributed by atoms with van der Waals surface area (Å²) in [5.41, 5.74) is 1.29. The average molecular weight is 281 g/mol. The molecule has 2 rings (SSSR count). The van der Waals surface area contributed by atoms with E-state index in [0.717, 1.165) is 6.42 Å². The Morgan fingerprint density at radius 2 is 2.08 bits per heavy atom. The number of halogens is 1. The van der Waals surface area contributed by atoms with E-state index in [4.69, 9.17) is 0 Å². The van der Waals surface area contributed by atoms with E-state index in [1.165, 1.54) is 19.9 Å². The summed E-state index contributed by atoms with van der Waals surface area (Å²) < 4.78 is 1.28. The molecule has 65 valence electrons. The van der Waals surface area contributed by atoms with Gasteiger partial charge in [0.05, 0.1) is 0 Å².